The van der Waals surface area contributed by atoms with Crippen molar-refractivity contribution in [3.05, 3.63) is 12.2 Å². The minimum absolute atomic E-state index is 0.307. The Bertz CT molecular complexity index is 358. The van der Waals surface area contributed by atoms with Gasteiger partial charge in [-0.25, -0.2) is 9.67 Å². The summed E-state index contributed by atoms with van der Waals surface area (Å²) in [6, 6.07) is 0.680. The van der Waals surface area contributed by atoms with Gasteiger partial charge >= 0.3 is 0 Å². The summed E-state index contributed by atoms with van der Waals surface area (Å²) in [6.45, 7) is 5.15. The third-order valence-corrected chi connectivity index (χ3v) is 3.57. The molecule has 0 amide bonds. The summed E-state index contributed by atoms with van der Waals surface area (Å²) < 4.78 is 7.85. The number of ether oxygens (including phenoxy) is 1. The van der Waals surface area contributed by atoms with E-state index in [9.17, 15) is 0 Å². The Morgan fingerprint density at radius 1 is 1.50 bits per heavy atom. The number of likely N-dealkylation sites (N-methyl/N-ethyl adjacent to an activating group) is 1. The van der Waals surface area contributed by atoms with Crippen LogP contribution in [-0.4, -0.2) is 40.6 Å². The molecule has 0 bridgehead atoms. The minimum Gasteiger partial charge on any atom is -0.377 e. The van der Waals surface area contributed by atoms with Crippen molar-refractivity contribution in [1.29, 1.82) is 0 Å². The van der Waals surface area contributed by atoms with Gasteiger partial charge in [0.05, 0.1) is 6.10 Å². The molecule has 2 heterocycles. The fraction of sp³-hybridized carbons (Fsp3) is 0.846. The molecule has 1 aliphatic rings. The number of nitrogens with zero attached hydrogens (tertiary/aromatic N) is 3. The van der Waals surface area contributed by atoms with Gasteiger partial charge in [0.2, 0.25) is 0 Å². The van der Waals surface area contributed by atoms with Crippen molar-refractivity contribution in [2.75, 3.05) is 13.7 Å². The van der Waals surface area contributed by atoms with Gasteiger partial charge in [0.1, 0.15) is 12.2 Å². The molecule has 0 spiro atoms. The van der Waals surface area contributed by atoms with E-state index < -0.39 is 0 Å². The van der Waals surface area contributed by atoms with Gasteiger partial charge in [-0.3, -0.25) is 0 Å². The van der Waals surface area contributed by atoms with Crippen molar-refractivity contribution >= 4 is 0 Å². The van der Waals surface area contributed by atoms with Gasteiger partial charge in [-0.15, -0.1) is 0 Å². The van der Waals surface area contributed by atoms with Gasteiger partial charge in [0, 0.05) is 25.1 Å². The van der Waals surface area contributed by atoms with Crippen LogP contribution in [0.15, 0.2) is 6.33 Å². The van der Waals surface area contributed by atoms with Gasteiger partial charge < -0.3 is 10.1 Å². The highest BCUT2D eigenvalue weighted by molar-refractivity contribution is 4.94. The minimum atomic E-state index is 0.307. The molecule has 1 fully saturated rings. The van der Waals surface area contributed by atoms with Crippen LogP contribution >= 0.6 is 0 Å². The number of hydrogen-bond acceptors (Lipinski definition) is 4. The molecule has 5 heteroatoms. The van der Waals surface area contributed by atoms with Gasteiger partial charge in [-0.05, 0) is 40.2 Å². The van der Waals surface area contributed by atoms with Gasteiger partial charge in [-0.2, -0.15) is 5.10 Å². The number of rotatable bonds is 5. The van der Waals surface area contributed by atoms with Crippen LogP contribution in [0.2, 0.25) is 0 Å². The molecule has 0 radical (unpaired) electrons. The zero-order chi connectivity index (χ0) is 13.0. The summed E-state index contributed by atoms with van der Waals surface area (Å²) >= 11 is 0. The SMILES string of the molecule is CNC(Cc1ncnn1C(C)C)C1CCCCO1. The maximum atomic E-state index is 5.86. The molecule has 0 aliphatic carbocycles. The highest BCUT2D eigenvalue weighted by Crippen LogP contribution is 2.18. The molecule has 1 N–H and O–H groups in total. The van der Waals surface area contributed by atoms with Crippen LogP contribution in [0.4, 0.5) is 0 Å². The predicted molar refractivity (Wildman–Crippen MR) is 70.5 cm³/mol. The fourth-order valence-electron chi connectivity index (χ4n) is 2.55. The first-order chi connectivity index (χ1) is 8.72. The van der Waals surface area contributed by atoms with E-state index in [1.165, 1.54) is 12.8 Å². The van der Waals surface area contributed by atoms with E-state index in [1.807, 2.05) is 11.7 Å². The zero-order valence-corrected chi connectivity index (χ0v) is 11.6. The molecular weight excluding hydrogens is 228 g/mol. The molecular formula is C13H24N4O. The average molecular weight is 252 g/mol. The topological polar surface area (TPSA) is 52.0 Å². The first-order valence-electron chi connectivity index (χ1n) is 6.89. The van der Waals surface area contributed by atoms with E-state index in [2.05, 4.69) is 29.2 Å². The van der Waals surface area contributed by atoms with Crippen molar-refractivity contribution in [3.63, 3.8) is 0 Å². The maximum Gasteiger partial charge on any atom is 0.138 e. The molecule has 2 atom stereocenters. The molecule has 1 aromatic heterocycles. The molecule has 18 heavy (non-hydrogen) atoms. The summed E-state index contributed by atoms with van der Waals surface area (Å²) in [4.78, 5) is 4.38. The van der Waals surface area contributed by atoms with Crippen LogP contribution in [0.5, 0.6) is 0 Å². The Hall–Kier alpha value is -0.940. The van der Waals surface area contributed by atoms with Crippen molar-refractivity contribution in [2.45, 2.75) is 57.7 Å². The lowest BCUT2D eigenvalue weighted by molar-refractivity contribution is -0.00648. The largest absolute Gasteiger partial charge is 0.377 e. The quantitative estimate of drug-likeness (QED) is 0.864. The monoisotopic (exact) mass is 252 g/mol. The van der Waals surface area contributed by atoms with E-state index in [-0.39, 0.29) is 0 Å². The fourth-order valence-corrected chi connectivity index (χ4v) is 2.55. The van der Waals surface area contributed by atoms with Gasteiger partial charge in [0.25, 0.3) is 0 Å². The van der Waals surface area contributed by atoms with Crippen LogP contribution in [0.3, 0.4) is 0 Å². The van der Waals surface area contributed by atoms with Crippen molar-refractivity contribution in [3.8, 4) is 0 Å². The molecule has 102 valence electrons. The van der Waals surface area contributed by atoms with Crippen molar-refractivity contribution in [2.24, 2.45) is 0 Å². The average Bonchev–Trinajstić information content (AvgIpc) is 2.85. The normalized spacial score (nSPS) is 22.3. The second-order valence-electron chi connectivity index (χ2n) is 5.22. The van der Waals surface area contributed by atoms with Crippen molar-refractivity contribution < 1.29 is 4.74 Å². The molecule has 0 aromatic carbocycles. The molecule has 1 saturated heterocycles. The first-order valence-corrected chi connectivity index (χ1v) is 6.89. The smallest absolute Gasteiger partial charge is 0.138 e. The standard InChI is InChI=1S/C13H24N4O/c1-10(2)17-13(15-9-16-17)8-11(14-3)12-6-4-5-7-18-12/h9-12,14H,4-8H2,1-3H3. The number of nitrogens with one attached hydrogen (secondary N) is 1. The van der Waals surface area contributed by atoms with Crippen LogP contribution in [-0.2, 0) is 11.2 Å². The summed E-state index contributed by atoms with van der Waals surface area (Å²) in [5.41, 5.74) is 0. The molecule has 1 aromatic rings. The third kappa shape index (κ3) is 3.09. The number of aromatic nitrogens is 3. The highest BCUT2D eigenvalue weighted by atomic mass is 16.5. The molecule has 5 nitrogen and oxygen atoms in total. The Kier molecular flexibility index (Phi) is 4.72. The summed E-state index contributed by atoms with van der Waals surface area (Å²) in [5, 5.41) is 7.66. The molecule has 1 aliphatic heterocycles. The van der Waals surface area contributed by atoms with E-state index >= 15 is 0 Å². The number of hydrogen-bond donors (Lipinski definition) is 1. The highest BCUT2D eigenvalue weighted by Gasteiger charge is 2.25. The van der Waals surface area contributed by atoms with E-state index in [0.29, 0.717) is 18.2 Å². The lowest BCUT2D eigenvalue weighted by Gasteiger charge is -2.30. The first kappa shape index (κ1) is 13.5. The van der Waals surface area contributed by atoms with E-state index in [0.717, 1.165) is 25.3 Å². The Labute approximate surface area is 109 Å². The predicted octanol–water partition coefficient (Wildman–Crippen LogP) is 1.56. The lowest BCUT2D eigenvalue weighted by Crippen LogP contribution is -2.43. The van der Waals surface area contributed by atoms with Crippen molar-refractivity contribution in [1.82, 2.24) is 20.1 Å². The maximum absolute atomic E-state index is 5.86. The van der Waals surface area contributed by atoms with Crippen LogP contribution in [0.25, 0.3) is 0 Å². The van der Waals surface area contributed by atoms with Crippen LogP contribution in [0, 0.1) is 0 Å². The lowest BCUT2D eigenvalue weighted by atomic mass is 9.99. The summed E-state index contributed by atoms with van der Waals surface area (Å²) in [7, 11) is 2.00. The summed E-state index contributed by atoms with van der Waals surface area (Å²) in [5.74, 6) is 1.04. The van der Waals surface area contributed by atoms with Crippen LogP contribution in [0.1, 0.15) is 45.0 Å². The van der Waals surface area contributed by atoms with Gasteiger partial charge in [0.15, 0.2) is 0 Å². The summed E-state index contributed by atoms with van der Waals surface area (Å²) in [6.07, 6.45) is 6.42. The van der Waals surface area contributed by atoms with E-state index in [1.54, 1.807) is 6.33 Å². The molecule has 2 rings (SSSR count). The third-order valence-electron chi connectivity index (χ3n) is 3.57. The van der Waals surface area contributed by atoms with Crippen LogP contribution < -0.4 is 5.32 Å². The Morgan fingerprint density at radius 2 is 2.33 bits per heavy atom. The van der Waals surface area contributed by atoms with Gasteiger partial charge in [-0.1, -0.05) is 0 Å². The Morgan fingerprint density at radius 3 is 2.94 bits per heavy atom. The second kappa shape index (κ2) is 6.29. The molecule has 0 saturated carbocycles. The molecule has 2 unspecified atom stereocenters. The van der Waals surface area contributed by atoms with E-state index in [4.69, 9.17) is 4.74 Å². The Balaban J connectivity index is 2.02. The zero-order valence-electron chi connectivity index (χ0n) is 11.6. The second-order valence-corrected chi connectivity index (χ2v) is 5.22.